The molecule has 4 nitrogen and oxygen atoms in total. The Hall–Kier alpha value is -3.01. The van der Waals surface area contributed by atoms with E-state index in [0.717, 1.165) is 66.6 Å². The summed E-state index contributed by atoms with van der Waals surface area (Å²) in [7, 11) is 0. The Morgan fingerprint density at radius 1 is 0.641 bits per heavy atom. The Labute approximate surface area is 236 Å². The van der Waals surface area contributed by atoms with Crippen LogP contribution in [0.1, 0.15) is 103 Å². The molecule has 0 N–H and O–H groups in total. The first-order valence-corrected chi connectivity index (χ1v) is 15.3. The number of hydrogen-bond acceptors (Lipinski definition) is 4. The number of allylic oxidation sites excluding steroid dienone is 1. The summed E-state index contributed by atoms with van der Waals surface area (Å²) in [6.45, 7) is 7.58. The molecule has 0 radical (unpaired) electrons. The monoisotopic (exact) mass is 531 g/mol. The van der Waals surface area contributed by atoms with E-state index in [-0.39, 0.29) is 0 Å². The summed E-state index contributed by atoms with van der Waals surface area (Å²) in [5.41, 5.74) is 2.83. The highest BCUT2D eigenvalue weighted by Crippen LogP contribution is 2.28. The molecule has 0 aliphatic heterocycles. The van der Waals surface area contributed by atoms with Crippen molar-refractivity contribution in [1.29, 1.82) is 0 Å². The van der Waals surface area contributed by atoms with Gasteiger partial charge in [-0.05, 0) is 74.2 Å². The van der Waals surface area contributed by atoms with Crippen LogP contribution in [-0.4, -0.2) is 18.4 Å². The summed E-state index contributed by atoms with van der Waals surface area (Å²) in [6.07, 6.45) is 21.1. The summed E-state index contributed by atoms with van der Waals surface area (Å²) >= 11 is 0. The molecule has 0 bridgehead atoms. The molecular weight excluding hydrogens is 482 g/mol. The number of benzene rings is 2. The topological polar surface area (TPSA) is 44.5 Å². The first kappa shape index (κ1) is 30.5. The van der Waals surface area contributed by atoms with Crippen molar-refractivity contribution >= 4 is 0 Å². The molecule has 0 atom stereocenters. The minimum Gasteiger partial charge on any atom is -0.494 e. The number of ether oxygens (including phenoxy) is 2. The molecule has 0 saturated heterocycles. The van der Waals surface area contributed by atoms with Gasteiger partial charge in [0.15, 0.2) is 5.76 Å². The molecule has 0 fully saturated rings. The predicted molar refractivity (Wildman–Crippen MR) is 163 cm³/mol. The van der Waals surface area contributed by atoms with Gasteiger partial charge in [0.05, 0.1) is 13.2 Å². The van der Waals surface area contributed by atoms with E-state index in [9.17, 15) is 0 Å². The van der Waals surface area contributed by atoms with E-state index in [2.05, 4.69) is 18.7 Å². The van der Waals surface area contributed by atoms with Crippen LogP contribution in [0.5, 0.6) is 11.5 Å². The lowest BCUT2D eigenvalue weighted by atomic mass is 10.1. The van der Waals surface area contributed by atoms with Crippen molar-refractivity contribution in [3.05, 3.63) is 67.3 Å². The molecule has 0 saturated carbocycles. The van der Waals surface area contributed by atoms with Gasteiger partial charge >= 0.3 is 0 Å². The number of unbranched alkanes of at least 4 members (excludes halogenated alkanes) is 13. The van der Waals surface area contributed by atoms with Gasteiger partial charge in [-0.1, -0.05) is 88.8 Å². The number of rotatable bonds is 22. The van der Waals surface area contributed by atoms with Crippen LogP contribution in [0.3, 0.4) is 0 Å². The first-order chi connectivity index (χ1) is 19.3. The Morgan fingerprint density at radius 3 is 1.67 bits per heavy atom. The van der Waals surface area contributed by atoms with E-state index >= 15 is 0 Å². The fourth-order valence-electron chi connectivity index (χ4n) is 4.70. The first-order valence-electron chi connectivity index (χ1n) is 15.3. The van der Waals surface area contributed by atoms with Crippen LogP contribution in [0.4, 0.5) is 0 Å². The molecule has 4 heteroatoms. The maximum atomic E-state index is 5.94. The van der Waals surface area contributed by atoms with Crippen molar-refractivity contribution in [3.63, 3.8) is 0 Å². The highest BCUT2D eigenvalue weighted by molar-refractivity contribution is 5.67. The molecular formula is C35H49NO3. The quantitative estimate of drug-likeness (QED) is 0.0955. The number of hydrogen-bond donors (Lipinski definition) is 0. The normalized spacial score (nSPS) is 11.0. The highest BCUT2D eigenvalue weighted by atomic mass is 16.5. The molecule has 0 aliphatic rings. The van der Waals surface area contributed by atoms with E-state index < -0.39 is 0 Å². The van der Waals surface area contributed by atoms with E-state index in [1.165, 1.54) is 77.0 Å². The molecule has 0 spiro atoms. The SMILES string of the molecule is C=CCCCCCCCCCOc1ccc(-c2cc(-c3ccc(OCCCCCCCCC)cc3)on2)cc1. The fraction of sp³-hybridized carbons (Fsp3) is 0.514. The fourth-order valence-corrected chi connectivity index (χ4v) is 4.70. The van der Waals surface area contributed by atoms with Crippen molar-refractivity contribution in [1.82, 2.24) is 5.16 Å². The summed E-state index contributed by atoms with van der Waals surface area (Å²) in [6, 6.07) is 18.2. The van der Waals surface area contributed by atoms with E-state index in [0.29, 0.717) is 0 Å². The molecule has 3 aromatic rings. The molecule has 3 rings (SSSR count). The van der Waals surface area contributed by atoms with E-state index in [4.69, 9.17) is 14.0 Å². The second-order valence-electron chi connectivity index (χ2n) is 10.5. The predicted octanol–water partition coefficient (Wildman–Crippen LogP) is 10.8. The van der Waals surface area contributed by atoms with Crippen molar-refractivity contribution in [2.75, 3.05) is 13.2 Å². The Kier molecular flexibility index (Phi) is 15.0. The van der Waals surface area contributed by atoms with Gasteiger partial charge in [0.1, 0.15) is 17.2 Å². The van der Waals surface area contributed by atoms with Crippen LogP contribution in [-0.2, 0) is 0 Å². The van der Waals surface area contributed by atoms with Crippen molar-refractivity contribution in [2.24, 2.45) is 0 Å². The summed E-state index contributed by atoms with van der Waals surface area (Å²) in [5.74, 6) is 2.56. The van der Waals surface area contributed by atoms with Crippen LogP contribution in [0.2, 0.25) is 0 Å². The second kappa shape index (κ2) is 19.1. The zero-order valence-electron chi connectivity index (χ0n) is 24.2. The molecule has 0 unspecified atom stereocenters. The van der Waals surface area contributed by atoms with Gasteiger partial charge in [-0.15, -0.1) is 6.58 Å². The third-order valence-electron chi connectivity index (χ3n) is 7.14. The molecule has 1 aromatic heterocycles. The lowest BCUT2D eigenvalue weighted by molar-refractivity contribution is 0.304. The maximum absolute atomic E-state index is 5.94. The Bertz CT molecular complexity index is 1020. The maximum Gasteiger partial charge on any atom is 0.167 e. The van der Waals surface area contributed by atoms with Crippen molar-refractivity contribution in [3.8, 4) is 34.1 Å². The van der Waals surface area contributed by atoms with Crippen LogP contribution in [0, 0.1) is 0 Å². The van der Waals surface area contributed by atoms with Gasteiger partial charge in [0.25, 0.3) is 0 Å². The summed E-state index contributed by atoms with van der Waals surface area (Å²) in [5, 5.41) is 4.29. The molecule has 2 aromatic carbocycles. The lowest BCUT2D eigenvalue weighted by Crippen LogP contribution is -1.97. The zero-order chi connectivity index (χ0) is 27.4. The van der Waals surface area contributed by atoms with Gasteiger partial charge in [0.2, 0.25) is 0 Å². The van der Waals surface area contributed by atoms with Crippen LogP contribution >= 0.6 is 0 Å². The van der Waals surface area contributed by atoms with Gasteiger partial charge in [-0.2, -0.15) is 0 Å². The van der Waals surface area contributed by atoms with Crippen LogP contribution in [0.15, 0.2) is 71.8 Å². The smallest absolute Gasteiger partial charge is 0.167 e. The van der Waals surface area contributed by atoms with Crippen LogP contribution in [0.25, 0.3) is 22.6 Å². The third kappa shape index (κ3) is 12.1. The number of aromatic nitrogens is 1. The molecule has 212 valence electrons. The molecule has 1 heterocycles. The highest BCUT2D eigenvalue weighted by Gasteiger charge is 2.09. The molecule has 0 amide bonds. The lowest BCUT2D eigenvalue weighted by Gasteiger charge is -2.07. The summed E-state index contributed by atoms with van der Waals surface area (Å²) in [4.78, 5) is 0. The van der Waals surface area contributed by atoms with E-state index in [1.54, 1.807) is 0 Å². The van der Waals surface area contributed by atoms with Gasteiger partial charge < -0.3 is 14.0 Å². The molecule has 0 aliphatic carbocycles. The Morgan fingerprint density at radius 2 is 1.13 bits per heavy atom. The minimum absolute atomic E-state index is 0.754. The largest absolute Gasteiger partial charge is 0.494 e. The average Bonchev–Trinajstić information content (AvgIpc) is 3.46. The second-order valence-corrected chi connectivity index (χ2v) is 10.5. The van der Waals surface area contributed by atoms with Crippen molar-refractivity contribution < 1.29 is 14.0 Å². The Balaban J connectivity index is 1.33. The van der Waals surface area contributed by atoms with Crippen LogP contribution < -0.4 is 9.47 Å². The van der Waals surface area contributed by atoms with Crippen molar-refractivity contribution in [2.45, 2.75) is 103 Å². The third-order valence-corrected chi connectivity index (χ3v) is 7.14. The van der Waals surface area contributed by atoms with Gasteiger partial charge in [-0.3, -0.25) is 0 Å². The summed E-state index contributed by atoms with van der Waals surface area (Å²) < 4.78 is 17.5. The molecule has 39 heavy (non-hydrogen) atoms. The van der Waals surface area contributed by atoms with E-state index in [1.807, 2.05) is 60.7 Å². The zero-order valence-corrected chi connectivity index (χ0v) is 24.2. The van der Waals surface area contributed by atoms with Gasteiger partial charge in [0, 0.05) is 17.2 Å². The van der Waals surface area contributed by atoms with Gasteiger partial charge in [-0.25, -0.2) is 0 Å². The standard InChI is InChI=1S/C35H49NO3/c1-3-5-7-9-11-12-14-16-18-27-37-32-23-19-30(20-24-32)34-29-35(39-36-34)31-21-25-33(26-22-31)38-28-17-15-13-10-8-6-4-2/h3,19-26,29H,1,4-18,27-28H2,2H3. The number of nitrogens with zero attached hydrogens (tertiary/aromatic N) is 1. The minimum atomic E-state index is 0.754. The average molecular weight is 532 g/mol.